The van der Waals surface area contributed by atoms with E-state index in [1.165, 1.54) is 0 Å². The number of hydrogen-bond donors (Lipinski definition) is 1. The van der Waals surface area contributed by atoms with E-state index in [4.69, 9.17) is 4.74 Å². The molecule has 0 bridgehead atoms. The van der Waals surface area contributed by atoms with Crippen molar-refractivity contribution < 1.29 is 14.3 Å². The zero-order valence-corrected chi connectivity index (χ0v) is 12.4. The lowest BCUT2D eigenvalue weighted by atomic mass is 9.98. The highest BCUT2D eigenvalue weighted by Crippen LogP contribution is 2.35. The zero-order chi connectivity index (χ0) is 15.0. The minimum Gasteiger partial charge on any atom is -0.466 e. The number of likely N-dealkylation sites (tertiary alicyclic amines) is 1. The summed E-state index contributed by atoms with van der Waals surface area (Å²) in [4.78, 5) is 26.8. The molecule has 2 heterocycles. The number of ether oxygens (including phenoxy) is 1. The van der Waals surface area contributed by atoms with E-state index in [1.807, 2.05) is 19.1 Å². The third-order valence-electron chi connectivity index (χ3n) is 4.18. The molecule has 0 aliphatic carbocycles. The Balaban J connectivity index is 1.88. The maximum Gasteiger partial charge on any atom is 0.278 e. The normalized spacial score (nSPS) is 24.9. The quantitative estimate of drug-likeness (QED) is 0.805. The van der Waals surface area contributed by atoms with Gasteiger partial charge in [0.15, 0.2) is 0 Å². The van der Waals surface area contributed by atoms with E-state index in [0.29, 0.717) is 24.5 Å². The van der Waals surface area contributed by atoms with E-state index in [2.05, 4.69) is 5.32 Å². The van der Waals surface area contributed by atoms with Crippen molar-refractivity contribution in [1.29, 1.82) is 0 Å². The molecule has 112 valence electrons. The molecular weight excluding hydrogens is 268 g/mol. The molecule has 2 amide bonds. The van der Waals surface area contributed by atoms with Crippen molar-refractivity contribution in [1.82, 2.24) is 4.90 Å². The van der Waals surface area contributed by atoms with Crippen molar-refractivity contribution in [2.75, 3.05) is 18.4 Å². The third kappa shape index (κ3) is 2.37. The average molecular weight is 288 g/mol. The summed E-state index contributed by atoms with van der Waals surface area (Å²) < 4.78 is 5.80. The fourth-order valence-corrected chi connectivity index (χ4v) is 2.88. The van der Waals surface area contributed by atoms with Crippen LogP contribution in [-0.2, 0) is 9.59 Å². The van der Waals surface area contributed by atoms with Crippen LogP contribution >= 0.6 is 0 Å². The molecule has 0 spiro atoms. The van der Waals surface area contributed by atoms with Gasteiger partial charge in [-0.3, -0.25) is 9.59 Å². The number of fused-ring (bicyclic) bond motifs is 1. The Hall–Kier alpha value is -2.04. The standard InChI is InChI=1S/C16H20N2O3/c1-11-6-7-13-12(10-11)17-14(19)16(2,21-13)15(20)18-8-4-3-5-9-18/h6-7,10H,3-5,8-9H2,1-2H3,(H,17,19)/t16-/m1/s1. The number of piperidine rings is 1. The van der Waals surface area contributed by atoms with Crippen molar-refractivity contribution >= 4 is 17.5 Å². The Morgan fingerprint density at radius 3 is 2.71 bits per heavy atom. The Labute approximate surface area is 124 Å². The number of carbonyl (C=O) groups excluding carboxylic acids is 2. The maximum absolute atomic E-state index is 12.7. The first-order chi connectivity index (χ1) is 10.0. The molecule has 0 saturated carbocycles. The van der Waals surface area contributed by atoms with Gasteiger partial charge in [0.25, 0.3) is 17.4 Å². The van der Waals surface area contributed by atoms with Crippen molar-refractivity contribution in [2.45, 2.75) is 38.7 Å². The van der Waals surface area contributed by atoms with Crippen molar-refractivity contribution in [3.05, 3.63) is 23.8 Å². The molecule has 3 rings (SSSR count). The Kier molecular flexibility index (Phi) is 3.35. The fraction of sp³-hybridized carbons (Fsp3) is 0.500. The Bertz CT molecular complexity index is 593. The molecule has 0 aromatic heterocycles. The Morgan fingerprint density at radius 2 is 2.00 bits per heavy atom. The second-order valence-electron chi connectivity index (χ2n) is 5.94. The van der Waals surface area contributed by atoms with E-state index in [0.717, 1.165) is 24.8 Å². The van der Waals surface area contributed by atoms with Crippen LogP contribution in [0, 0.1) is 6.92 Å². The van der Waals surface area contributed by atoms with Gasteiger partial charge in [-0.05, 0) is 50.8 Å². The van der Waals surface area contributed by atoms with Gasteiger partial charge in [0.2, 0.25) is 0 Å². The van der Waals surface area contributed by atoms with E-state index in [1.54, 1.807) is 17.9 Å². The van der Waals surface area contributed by atoms with Gasteiger partial charge in [-0.25, -0.2) is 0 Å². The van der Waals surface area contributed by atoms with Crippen LogP contribution in [0.2, 0.25) is 0 Å². The SMILES string of the molecule is Cc1ccc2c(c1)NC(=O)[C@](C)(C(=O)N1CCCCC1)O2. The highest BCUT2D eigenvalue weighted by Gasteiger charge is 2.49. The molecule has 2 aliphatic heterocycles. The molecule has 1 fully saturated rings. The number of nitrogens with zero attached hydrogens (tertiary/aromatic N) is 1. The second-order valence-corrected chi connectivity index (χ2v) is 5.94. The predicted octanol–water partition coefficient (Wildman–Crippen LogP) is 2.10. The first kappa shape index (κ1) is 13.9. The van der Waals surface area contributed by atoms with Crippen LogP contribution in [-0.4, -0.2) is 35.4 Å². The molecule has 21 heavy (non-hydrogen) atoms. The molecule has 1 aromatic carbocycles. The van der Waals surface area contributed by atoms with Crippen LogP contribution in [0.4, 0.5) is 5.69 Å². The average Bonchev–Trinajstić information content (AvgIpc) is 2.49. The predicted molar refractivity (Wildman–Crippen MR) is 79.3 cm³/mol. The molecule has 1 aromatic rings. The lowest BCUT2D eigenvalue weighted by Gasteiger charge is -2.38. The first-order valence-electron chi connectivity index (χ1n) is 7.41. The van der Waals surface area contributed by atoms with Crippen LogP contribution in [0.25, 0.3) is 0 Å². The number of benzene rings is 1. The maximum atomic E-state index is 12.7. The molecule has 5 nitrogen and oxygen atoms in total. The number of hydrogen-bond acceptors (Lipinski definition) is 3. The summed E-state index contributed by atoms with van der Waals surface area (Å²) in [5.41, 5.74) is 0.187. The summed E-state index contributed by atoms with van der Waals surface area (Å²) in [5.74, 6) is -0.0878. The largest absolute Gasteiger partial charge is 0.466 e. The van der Waals surface area contributed by atoms with Gasteiger partial charge >= 0.3 is 0 Å². The van der Waals surface area contributed by atoms with E-state index >= 15 is 0 Å². The number of carbonyl (C=O) groups is 2. The summed E-state index contributed by atoms with van der Waals surface area (Å²) >= 11 is 0. The highest BCUT2D eigenvalue weighted by atomic mass is 16.5. The molecule has 2 aliphatic rings. The monoisotopic (exact) mass is 288 g/mol. The highest BCUT2D eigenvalue weighted by molar-refractivity contribution is 6.15. The van der Waals surface area contributed by atoms with Crippen molar-refractivity contribution in [2.24, 2.45) is 0 Å². The fourth-order valence-electron chi connectivity index (χ4n) is 2.88. The summed E-state index contributed by atoms with van der Waals surface area (Å²) in [6.07, 6.45) is 3.11. The number of nitrogens with one attached hydrogen (secondary N) is 1. The molecule has 5 heteroatoms. The Morgan fingerprint density at radius 1 is 1.29 bits per heavy atom. The summed E-state index contributed by atoms with van der Waals surface area (Å²) in [7, 11) is 0. The van der Waals surface area contributed by atoms with Gasteiger partial charge in [-0.15, -0.1) is 0 Å². The number of anilines is 1. The van der Waals surface area contributed by atoms with Crippen LogP contribution in [0.15, 0.2) is 18.2 Å². The van der Waals surface area contributed by atoms with Crippen LogP contribution < -0.4 is 10.1 Å². The third-order valence-corrected chi connectivity index (χ3v) is 4.18. The van der Waals surface area contributed by atoms with Crippen molar-refractivity contribution in [3.8, 4) is 5.75 Å². The number of aryl methyl sites for hydroxylation is 1. The molecular formula is C16H20N2O3. The van der Waals surface area contributed by atoms with E-state index in [9.17, 15) is 9.59 Å². The summed E-state index contributed by atoms with van der Waals surface area (Å²) in [5, 5.41) is 2.80. The summed E-state index contributed by atoms with van der Waals surface area (Å²) in [6.45, 7) is 4.90. The number of amides is 2. The molecule has 1 saturated heterocycles. The number of rotatable bonds is 1. The van der Waals surface area contributed by atoms with Gasteiger partial charge < -0.3 is 15.0 Å². The zero-order valence-electron chi connectivity index (χ0n) is 12.4. The molecule has 1 atom stereocenters. The van der Waals surface area contributed by atoms with Crippen LogP contribution in [0.3, 0.4) is 0 Å². The van der Waals surface area contributed by atoms with E-state index in [-0.39, 0.29) is 5.91 Å². The van der Waals surface area contributed by atoms with Gasteiger partial charge in [0, 0.05) is 13.1 Å². The minimum atomic E-state index is -1.47. The minimum absolute atomic E-state index is 0.245. The molecule has 0 unspecified atom stereocenters. The summed E-state index contributed by atoms with van der Waals surface area (Å²) in [6, 6.07) is 5.55. The van der Waals surface area contributed by atoms with Crippen molar-refractivity contribution in [3.63, 3.8) is 0 Å². The van der Waals surface area contributed by atoms with Crippen LogP contribution in [0.5, 0.6) is 5.75 Å². The van der Waals surface area contributed by atoms with Gasteiger partial charge in [0.1, 0.15) is 5.75 Å². The lowest BCUT2D eigenvalue weighted by molar-refractivity contribution is -0.155. The second kappa shape index (κ2) is 5.06. The van der Waals surface area contributed by atoms with Crippen LogP contribution in [0.1, 0.15) is 31.7 Å². The lowest BCUT2D eigenvalue weighted by Crippen LogP contribution is -2.60. The smallest absolute Gasteiger partial charge is 0.278 e. The molecule has 0 radical (unpaired) electrons. The molecule has 1 N–H and O–H groups in total. The van der Waals surface area contributed by atoms with E-state index < -0.39 is 11.5 Å². The van der Waals surface area contributed by atoms with Gasteiger partial charge in [0.05, 0.1) is 5.69 Å². The van der Waals surface area contributed by atoms with Gasteiger partial charge in [-0.1, -0.05) is 6.07 Å². The first-order valence-corrected chi connectivity index (χ1v) is 7.41. The van der Waals surface area contributed by atoms with Gasteiger partial charge in [-0.2, -0.15) is 0 Å². The topological polar surface area (TPSA) is 58.6 Å².